The number of hydrogen-bond donors (Lipinski definition) is 2. The van der Waals surface area contributed by atoms with Gasteiger partial charge in [-0.2, -0.15) is 0 Å². The van der Waals surface area contributed by atoms with Gasteiger partial charge in [-0.3, -0.25) is 0 Å². The Balaban J connectivity index is 1.50. The van der Waals surface area contributed by atoms with Crippen LogP contribution in [0.1, 0.15) is 30.9 Å². The van der Waals surface area contributed by atoms with Crippen molar-refractivity contribution in [2.24, 2.45) is 4.99 Å². The summed E-state index contributed by atoms with van der Waals surface area (Å²) in [6, 6.07) is 17.9. The van der Waals surface area contributed by atoms with Crippen LogP contribution in [-0.2, 0) is 13.1 Å². The fourth-order valence-electron chi connectivity index (χ4n) is 3.23. The maximum Gasteiger partial charge on any atom is 0.191 e. The van der Waals surface area contributed by atoms with E-state index in [1.54, 1.807) is 0 Å². The van der Waals surface area contributed by atoms with E-state index < -0.39 is 0 Å². The lowest BCUT2D eigenvalue weighted by atomic mass is 9.98. The summed E-state index contributed by atoms with van der Waals surface area (Å²) in [6.45, 7) is 4.47. The monoisotopic (exact) mass is 373 g/mol. The zero-order valence-corrected chi connectivity index (χ0v) is 16.3. The second-order valence-corrected chi connectivity index (χ2v) is 7.20. The fraction of sp³-hybridized carbons (Fsp3) is 0.304. The van der Waals surface area contributed by atoms with Crippen molar-refractivity contribution in [1.29, 1.82) is 0 Å². The van der Waals surface area contributed by atoms with Gasteiger partial charge in [0.25, 0.3) is 0 Å². The molecule has 3 aromatic rings. The lowest BCUT2D eigenvalue weighted by Crippen LogP contribution is -2.38. The normalized spacial score (nSPS) is 14.1. The lowest BCUT2D eigenvalue weighted by molar-refractivity contribution is 0.797. The molecule has 0 aliphatic heterocycles. The summed E-state index contributed by atoms with van der Waals surface area (Å²) in [5.74, 6) is 0.912. The van der Waals surface area contributed by atoms with Crippen LogP contribution in [0.2, 0.25) is 0 Å². The number of hydrogen-bond acceptors (Lipinski definition) is 2. The third-order valence-electron chi connectivity index (χ3n) is 4.88. The summed E-state index contributed by atoms with van der Waals surface area (Å²) in [5, 5.41) is 6.82. The van der Waals surface area contributed by atoms with Gasteiger partial charge in [0.1, 0.15) is 0 Å². The third kappa shape index (κ3) is 4.80. The van der Waals surface area contributed by atoms with E-state index in [1.807, 2.05) is 18.7 Å². The van der Waals surface area contributed by atoms with Gasteiger partial charge in [0.05, 0.1) is 12.9 Å². The highest BCUT2D eigenvalue weighted by Crippen LogP contribution is 2.25. The number of rotatable bonds is 7. The van der Waals surface area contributed by atoms with Crippen molar-refractivity contribution in [2.75, 3.05) is 6.54 Å². The first-order valence-corrected chi connectivity index (χ1v) is 9.99. The number of imidazole rings is 1. The highest BCUT2D eigenvalue weighted by atomic mass is 15.2. The Kier molecular flexibility index (Phi) is 5.71. The van der Waals surface area contributed by atoms with E-state index >= 15 is 0 Å². The molecular weight excluding hydrogens is 346 g/mol. The zero-order valence-electron chi connectivity index (χ0n) is 16.3. The largest absolute Gasteiger partial charge is 0.357 e. The summed E-state index contributed by atoms with van der Waals surface area (Å²) in [6.07, 6.45) is 8.13. The standard InChI is InChI=1S/C23H27N5/c1-2-25-23(27-21-11-12-21)26-15-20-5-3-4-6-22(20)19-9-7-18(8-10-19)16-28-14-13-24-17-28/h3-10,13-14,17,21H,2,11-12,15-16H2,1H3,(H2,25,26,27). The predicted molar refractivity (Wildman–Crippen MR) is 114 cm³/mol. The van der Waals surface area contributed by atoms with Crippen molar-refractivity contribution >= 4 is 5.96 Å². The molecule has 0 spiro atoms. The number of aliphatic imine (C=N–C) groups is 1. The minimum Gasteiger partial charge on any atom is -0.357 e. The second kappa shape index (κ2) is 8.74. The van der Waals surface area contributed by atoms with Gasteiger partial charge in [0, 0.05) is 31.5 Å². The van der Waals surface area contributed by atoms with Crippen LogP contribution in [0.15, 0.2) is 72.2 Å². The Hall–Kier alpha value is -3.08. The summed E-state index contributed by atoms with van der Waals surface area (Å²) in [7, 11) is 0. The average Bonchev–Trinajstić information content (AvgIpc) is 3.40. The van der Waals surface area contributed by atoms with Gasteiger partial charge in [-0.05, 0) is 42.0 Å². The molecule has 5 nitrogen and oxygen atoms in total. The topological polar surface area (TPSA) is 54.2 Å². The number of nitrogens with one attached hydrogen (secondary N) is 2. The summed E-state index contributed by atoms with van der Waals surface area (Å²) in [5.41, 5.74) is 4.96. The average molecular weight is 374 g/mol. The highest BCUT2D eigenvalue weighted by molar-refractivity contribution is 5.80. The zero-order chi connectivity index (χ0) is 19.2. The Labute approximate surface area is 166 Å². The quantitative estimate of drug-likeness (QED) is 0.489. The lowest BCUT2D eigenvalue weighted by Gasteiger charge is -2.12. The van der Waals surface area contributed by atoms with Crippen molar-refractivity contribution in [3.63, 3.8) is 0 Å². The highest BCUT2D eigenvalue weighted by Gasteiger charge is 2.22. The Bertz CT molecular complexity index is 908. The van der Waals surface area contributed by atoms with Crippen LogP contribution in [0.4, 0.5) is 0 Å². The molecule has 0 bridgehead atoms. The van der Waals surface area contributed by atoms with E-state index in [9.17, 15) is 0 Å². The maximum absolute atomic E-state index is 4.80. The molecule has 2 N–H and O–H groups in total. The minimum atomic E-state index is 0.594. The van der Waals surface area contributed by atoms with Crippen molar-refractivity contribution in [2.45, 2.75) is 38.9 Å². The molecule has 1 saturated carbocycles. The van der Waals surface area contributed by atoms with Gasteiger partial charge in [-0.25, -0.2) is 9.98 Å². The molecule has 0 amide bonds. The van der Waals surface area contributed by atoms with Gasteiger partial charge in [0.2, 0.25) is 0 Å². The molecule has 1 fully saturated rings. The SMILES string of the molecule is CCNC(=NCc1ccccc1-c1ccc(Cn2ccnc2)cc1)NC1CC1. The summed E-state index contributed by atoms with van der Waals surface area (Å²) in [4.78, 5) is 8.91. The molecular formula is C23H27N5. The molecule has 0 unspecified atom stereocenters. The third-order valence-corrected chi connectivity index (χ3v) is 4.88. The molecule has 0 radical (unpaired) electrons. The van der Waals surface area contributed by atoms with Crippen molar-refractivity contribution in [3.05, 3.63) is 78.4 Å². The van der Waals surface area contributed by atoms with Gasteiger partial charge >= 0.3 is 0 Å². The minimum absolute atomic E-state index is 0.594. The number of nitrogens with zero attached hydrogens (tertiary/aromatic N) is 3. The fourth-order valence-corrected chi connectivity index (χ4v) is 3.23. The molecule has 4 rings (SSSR count). The Morgan fingerprint density at radius 3 is 2.68 bits per heavy atom. The van der Waals surface area contributed by atoms with E-state index in [0.717, 1.165) is 19.0 Å². The first kappa shape index (κ1) is 18.3. The molecule has 5 heteroatoms. The molecule has 28 heavy (non-hydrogen) atoms. The van der Waals surface area contributed by atoms with Gasteiger partial charge < -0.3 is 15.2 Å². The summed E-state index contributed by atoms with van der Waals surface area (Å²) < 4.78 is 2.08. The van der Waals surface area contributed by atoms with E-state index in [4.69, 9.17) is 4.99 Å². The van der Waals surface area contributed by atoms with Crippen molar-refractivity contribution < 1.29 is 0 Å². The van der Waals surface area contributed by atoms with Gasteiger partial charge in [-0.15, -0.1) is 0 Å². The molecule has 1 heterocycles. The molecule has 1 aromatic heterocycles. The molecule has 144 valence electrons. The van der Waals surface area contributed by atoms with E-state index in [0.29, 0.717) is 12.6 Å². The first-order chi connectivity index (χ1) is 13.8. The number of guanidine groups is 1. The molecule has 0 atom stereocenters. The van der Waals surface area contributed by atoms with Crippen molar-refractivity contribution in [1.82, 2.24) is 20.2 Å². The van der Waals surface area contributed by atoms with Crippen LogP contribution in [0.25, 0.3) is 11.1 Å². The molecule has 1 aliphatic carbocycles. The summed E-state index contributed by atoms with van der Waals surface area (Å²) >= 11 is 0. The predicted octanol–water partition coefficient (Wildman–Crippen LogP) is 3.82. The smallest absolute Gasteiger partial charge is 0.191 e. The van der Waals surface area contributed by atoms with Crippen LogP contribution >= 0.6 is 0 Å². The van der Waals surface area contributed by atoms with Crippen LogP contribution in [0, 0.1) is 0 Å². The maximum atomic E-state index is 4.80. The molecule has 0 saturated heterocycles. The first-order valence-electron chi connectivity index (χ1n) is 9.99. The Morgan fingerprint density at radius 2 is 1.96 bits per heavy atom. The van der Waals surface area contributed by atoms with Crippen LogP contribution < -0.4 is 10.6 Å². The van der Waals surface area contributed by atoms with Gasteiger partial charge in [0.15, 0.2) is 5.96 Å². The number of aromatic nitrogens is 2. The van der Waals surface area contributed by atoms with Crippen LogP contribution in [-0.4, -0.2) is 28.1 Å². The van der Waals surface area contributed by atoms with E-state index in [2.05, 4.69) is 75.6 Å². The Morgan fingerprint density at radius 1 is 1.14 bits per heavy atom. The molecule has 2 aromatic carbocycles. The van der Waals surface area contributed by atoms with Crippen LogP contribution in [0.5, 0.6) is 0 Å². The van der Waals surface area contributed by atoms with Crippen LogP contribution in [0.3, 0.4) is 0 Å². The number of benzene rings is 2. The van der Waals surface area contributed by atoms with E-state index in [-0.39, 0.29) is 0 Å². The van der Waals surface area contributed by atoms with E-state index in [1.165, 1.54) is 35.1 Å². The van der Waals surface area contributed by atoms with Gasteiger partial charge in [-0.1, -0.05) is 48.5 Å². The second-order valence-electron chi connectivity index (χ2n) is 7.20. The molecule has 1 aliphatic rings. The van der Waals surface area contributed by atoms with Crippen molar-refractivity contribution in [3.8, 4) is 11.1 Å².